The average molecular weight is 239 g/mol. The SMILES string of the molecule is N#Cc1ccc(C[15n+]2cccc(C(N)=O)c2)cc1. The topological polar surface area (TPSA) is 70.8 Å². The average Bonchev–Trinajstić information content (AvgIpc) is 2.40. The van der Waals surface area contributed by atoms with Crippen LogP contribution in [0.25, 0.3) is 0 Å². The monoisotopic (exact) mass is 239 g/mol. The fraction of sp³-hybridized carbons (Fsp3) is 0.0714. The first-order valence-corrected chi connectivity index (χ1v) is 5.47. The number of benzene rings is 1. The molecule has 1 aromatic heterocycles. The predicted octanol–water partition coefficient (Wildman–Crippen LogP) is 0.993. The lowest BCUT2D eigenvalue weighted by Crippen LogP contribution is -2.35. The molecule has 0 saturated heterocycles. The number of nitrogens with zero attached hydrogens (tertiary/aromatic N) is 2. The summed E-state index contributed by atoms with van der Waals surface area (Å²) in [6.45, 7) is 0.632. The van der Waals surface area contributed by atoms with Gasteiger partial charge in [0.15, 0.2) is 18.9 Å². The second-order valence-electron chi connectivity index (χ2n) is 3.94. The lowest BCUT2D eigenvalue weighted by Gasteiger charge is -1.99. The lowest BCUT2D eigenvalue weighted by molar-refractivity contribution is -0.688. The number of nitriles is 1. The molecule has 0 unspecified atom stereocenters. The van der Waals surface area contributed by atoms with Gasteiger partial charge in [-0.3, -0.25) is 4.79 Å². The number of hydrogen-bond donors (Lipinski definition) is 1. The third-order valence-electron chi connectivity index (χ3n) is 2.59. The smallest absolute Gasteiger partial charge is 0.254 e. The van der Waals surface area contributed by atoms with E-state index in [1.54, 1.807) is 30.5 Å². The zero-order valence-electron chi connectivity index (χ0n) is 9.71. The minimum Gasteiger partial charge on any atom is -0.365 e. The third-order valence-corrected chi connectivity index (χ3v) is 2.59. The first kappa shape index (κ1) is 11.8. The van der Waals surface area contributed by atoms with Gasteiger partial charge in [-0.05, 0) is 18.2 Å². The highest BCUT2D eigenvalue weighted by atomic mass is 16.1. The minimum absolute atomic E-state index is 0.441. The Kier molecular flexibility index (Phi) is 3.35. The Morgan fingerprint density at radius 1 is 1.28 bits per heavy atom. The summed E-state index contributed by atoms with van der Waals surface area (Å²) < 4.78 is 1.88. The second kappa shape index (κ2) is 5.11. The van der Waals surface area contributed by atoms with Gasteiger partial charge in [-0.2, -0.15) is 9.83 Å². The highest BCUT2D eigenvalue weighted by molar-refractivity contribution is 5.92. The third kappa shape index (κ3) is 2.71. The molecule has 0 spiro atoms. The van der Waals surface area contributed by atoms with Crippen molar-refractivity contribution in [1.29, 1.82) is 5.26 Å². The van der Waals surface area contributed by atoms with Crippen molar-refractivity contribution in [3.8, 4) is 6.07 Å². The van der Waals surface area contributed by atoms with Gasteiger partial charge in [0.1, 0.15) is 5.56 Å². The summed E-state index contributed by atoms with van der Waals surface area (Å²) in [6, 6.07) is 12.9. The summed E-state index contributed by atoms with van der Waals surface area (Å²) in [5.41, 5.74) is 7.39. The molecule has 2 aromatic rings. The van der Waals surface area contributed by atoms with Gasteiger partial charge in [-0.15, -0.1) is 0 Å². The molecule has 1 amide bonds. The number of pyridine rings is 1. The van der Waals surface area contributed by atoms with E-state index in [0.29, 0.717) is 17.7 Å². The molecule has 0 fully saturated rings. The molecule has 18 heavy (non-hydrogen) atoms. The summed E-state index contributed by atoms with van der Waals surface area (Å²) in [5.74, 6) is -0.441. The minimum atomic E-state index is -0.441. The van der Waals surface area contributed by atoms with Crippen molar-refractivity contribution in [1.82, 2.24) is 0 Å². The van der Waals surface area contributed by atoms with Crippen LogP contribution in [-0.2, 0) is 6.54 Å². The number of rotatable bonds is 3. The van der Waals surface area contributed by atoms with Gasteiger partial charge < -0.3 is 5.73 Å². The van der Waals surface area contributed by atoms with Crippen LogP contribution < -0.4 is 10.3 Å². The molecule has 0 aliphatic carbocycles. The van der Waals surface area contributed by atoms with E-state index in [0.717, 1.165) is 5.56 Å². The lowest BCUT2D eigenvalue weighted by atomic mass is 10.1. The molecule has 0 saturated carbocycles. The van der Waals surface area contributed by atoms with Gasteiger partial charge in [0.05, 0.1) is 11.6 Å². The molecule has 4 heteroatoms. The van der Waals surface area contributed by atoms with Crippen LogP contribution in [0.2, 0.25) is 0 Å². The van der Waals surface area contributed by atoms with Crippen molar-refractivity contribution in [2.45, 2.75) is 6.54 Å². The second-order valence-corrected chi connectivity index (χ2v) is 3.94. The van der Waals surface area contributed by atoms with E-state index in [2.05, 4.69) is 6.07 Å². The maximum atomic E-state index is 11.1. The van der Waals surface area contributed by atoms with Crippen LogP contribution in [0.15, 0.2) is 48.8 Å². The van der Waals surface area contributed by atoms with Gasteiger partial charge in [0, 0.05) is 11.6 Å². The molecule has 0 bridgehead atoms. The Hall–Kier alpha value is -2.67. The van der Waals surface area contributed by atoms with E-state index < -0.39 is 5.91 Å². The Morgan fingerprint density at radius 2 is 2.00 bits per heavy atom. The zero-order valence-corrected chi connectivity index (χ0v) is 9.71. The van der Waals surface area contributed by atoms with Crippen LogP contribution in [0, 0.1) is 11.3 Å². The molecule has 2 rings (SSSR count). The summed E-state index contributed by atoms with van der Waals surface area (Å²) in [6.07, 6.45) is 3.57. The summed E-state index contributed by atoms with van der Waals surface area (Å²) in [4.78, 5) is 11.1. The van der Waals surface area contributed by atoms with E-state index in [9.17, 15) is 4.79 Å². The Morgan fingerprint density at radius 3 is 2.61 bits per heavy atom. The van der Waals surface area contributed by atoms with Gasteiger partial charge in [-0.25, -0.2) is 0 Å². The molecule has 1 aromatic carbocycles. The summed E-state index contributed by atoms with van der Waals surface area (Å²) in [7, 11) is 0. The Bertz CT molecular complexity index is 612. The first-order chi connectivity index (χ1) is 8.69. The number of carbonyl (C=O) groups excluding carboxylic acids is 1. The van der Waals surface area contributed by atoms with Gasteiger partial charge >= 0.3 is 0 Å². The molecular weight excluding hydrogens is 227 g/mol. The maximum Gasteiger partial charge on any atom is 0.254 e. The van der Waals surface area contributed by atoms with Crippen molar-refractivity contribution in [2.75, 3.05) is 0 Å². The van der Waals surface area contributed by atoms with E-state index in [4.69, 9.17) is 11.0 Å². The van der Waals surface area contributed by atoms with Gasteiger partial charge in [-0.1, -0.05) is 12.1 Å². The van der Waals surface area contributed by atoms with E-state index in [1.807, 2.05) is 22.9 Å². The molecule has 4 nitrogen and oxygen atoms in total. The van der Waals surface area contributed by atoms with E-state index >= 15 is 0 Å². The summed E-state index contributed by atoms with van der Waals surface area (Å²) >= 11 is 0. The van der Waals surface area contributed by atoms with Gasteiger partial charge in [0.25, 0.3) is 5.91 Å². The van der Waals surface area contributed by atoms with Crippen molar-refractivity contribution in [3.63, 3.8) is 0 Å². The zero-order chi connectivity index (χ0) is 13.0. The normalized spacial score (nSPS) is 9.72. The van der Waals surface area contributed by atoms with Crippen molar-refractivity contribution < 1.29 is 9.36 Å². The number of hydrogen-bond acceptors (Lipinski definition) is 2. The molecule has 2 N–H and O–H groups in total. The molecule has 0 aliphatic heterocycles. The van der Waals surface area contributed by atoms with Crippen LogP contribution in [0.5, 0.6) is 0 Å². The number of carbonyl (C=O) groups is 1. The van der Waals surface area contributed by atoms with Crippen molar-refractivity contribution in [2.24, 2.45) is 5.73 Å². The summed E-state index contributed by atoms with van der Waals surface area (Å²) in [5, 5.41) is 8.71. The number of nitrogens with two attached hydrogens (primary N) is 1. The number of primary amides is 1. The van der Waals surface area contributed by atoms with E-state index in [1.165, 1.54) is 0 Å². The molecule has 88 valence electrons. The molecule has 0 aliphatic rings. The van der Waals surface area contributed by atoms with Crippen LogP contribution in [0.4, 0.5) is 0 Å². The fourth-order valence-electron chi connectivity index (χ4n) is 1.66. The molecular formula is C14H12N3O+. The standard InChI is InChI=1S/C14H11N3O/c15-8-11-3-5-12(6-4-11)9-17-7-1-2-13(10-17)14(16)18/h1-7,10H,9H2,(H-,16,18)/p+1/i17+1. The fourth-order valence-corrected chi connectivity index (χ4v) is 1.66. The Balaban J connectivity index is 2.20. The van der Waals surface area contributed by atoms with Crippen molar-refractivity contribution in [3.05, 3.63) is 65.5 Å². The molecule has 1 heterocycles. The first-order valence-electron chi connectivity index (χ1n) is 5.47. The van der Waals surface area contributed by atoms with Crippen molar-refractivity contribution >= 4 is 5.91 Å². The van der Waals surface area contributed by atoms with Crippen LogP contribution in [0.3, 0.4) is 0 Å². The highest BCUT2D eigenvalue weighted by Crippen LogP contribution is 2.03. The molecule has 0 radical (unpaired) electrons. The predicted molar refractivity (Wildman–Crippen MR) is 65.4 cm³/mol. The van der Waals surface area contributed by atoms with Crippen LogP contribution >= 0.6 is 0 Å². The molecule has 0 atom stereocenters. The highest BCUT2D eigenvalue weighted by Gasteiger charge is 2.07. The van der Waals surface area contributed by atoms with E-state index in [-0.39, 0.29) is 0 Å². The van der Waals surface area contributed by atoms with Crippen LogP contribution in [0.1, 0.15) is 21.5 Å². The largest absolute Gasteiger partial charge is 0.365 e. The Labute approximate surface area is 105 Å². The van der Waals surface area contributed by atoms with Gasteiger partial charge in [0.2, 0.25) is 0 Å². The number of amides is 1. The quantitative estimate of drug-likeness (QED) is 0.811. The maximum absolute atomic E-state index is 11.1. The van der Waals surface area contributed by atoms with Crippen LogP contribution in [-0.4, -0.2) is 5.91 Å². The number of aromatic nitrogens is 1.